The number of carbonyl (C=O) groups excluding carboxylic acids is 6. The minimum Gasteiger partial charge on any atom is -0.460 e. The van der Waals surface area contributed by atoms with E-state index < -0.39 is 87.4 Å². The smallest absolute Gasteiger partial charge is 0.408 e. The van der Waals surface area contributed by atoms with Gasteiger partial charge in [0.1, 0.15) is 35.9 Å². The zero-order valence-electron chi connectivity index (χ0n) is 32.3. The fourth-order valence-corrected chi connectivity index (χ4v) is 6.03. The summed E-state index contributed by atoms with van der Waals surface area (Å²) in [5.74, 6) is -3.67. The topological polar surface area (TPSA) is 204 Å². The molecule has 15 nitrogen and oxygen atoms in total. The second-order valence-corrected chi connectivity index (χ2v) is 17.1. The van der Waals surface area contributed by atoms with Crippen LogP contribution < -0.4 is 16.0 Å². The van der Waals surface area contributed by atoms with E-state index in [-0.39, 0.29) is 26.0 Å². The highest BCUT2D eigenvalue weighted by Crippen LogP contribution is 2.25. The van der Waals surface area contributed by atoms with Gasteiger partial charge in [-0.3, -0.25) is 24.0 Å². The predicted molar refractivity (Wildman–Crippen MR) is 202 cm³/mol. The highest BCUT2D eigenvalue weighted by atomic mass is 32.2. The molecule has 0 spiro atoms. The molecule has 2 aromatic rings. The van der Waals surface area contributed by atoms with Crippen LogP contribution in [0.2, 0.25) is 0 Å². The summed E-state index contributed by atoms with van der Waals surface area (Å²) in [5.41, 5.74) is -0.686. The Morgan fingerprint density at radius 3 is 1.95 bits per heavy atom. The van der Waals surface area contributed by atoms with E-state index in [1.165, 1.54) is 11.0 Å². The molecular weight excluding hydrogens is 733 g/mol. The number of ether oxygens (including phenoxy) is 3. The number of amides is 4. The fraction of sp³-hybridized carbons (Fsp3) is 0.487. The van der Waals surface area contributed by atoms with E-state index >= 15 is 0 Å². The molecule has 1 saturated heterocycles. The molecule has 0 radical (unpaired) electrons. The molecule has 16 heteroatoms. The SMILES string of the molecule is CC(C)(C)OC(=O)C[C@@H](/C=C/S(C)(=O)=O)NC(=O)[C@H]1CCCN1C(=O)[C@@H](NC(=O)[C@H](CC(=O)OC(C)(C)C)NC(=O)OCc1ccccc1)c1ccccc1. The molecule has 3 N–H and O–H groups in total. The van der Waals surface area contributed by atoms with Crippen LogP contribution in [0.4, 0.5) is 4.79 Å². The van der Waals surface area contributed by atoms with E-state index in [1.54, 1.807) is 102 Å². The Morgan fingerprint density at radius 2 is 1.38 bits per heavy atom. The van der Waals surface area contributed by atoms with Crippen molar-refractivity contribution in [3.63, 3.8) is 0 Å². The first kappa shape index (κ1) is 44.1. The number of hydrogen-bond acceptors (Lipinski definition) is 11. The summed E-state index contributed by atoms with van der Waals surface area (Å²) in [6.45, 7) is 9.98. The largest absolute Gasteiger partial charge is 0.460 e. The summed E-state index contributed by atoms with van der Waals surface area (Å²) in [4.78, 5) is 81.7. The van der Waals surface area contributed by atoms with Gasteiger partial charge in [0.05, 0.1) is 18.9 Å². The number of benzene rings is 2. The number of esters is 2. The standard InChI is InChI=1S/C39H52N4O11S/c1-38(2,3)53-31(44)23-28(20-22-55(7,50)51)40-35(47)30-19-14-21-43(30)36(48)33(27-17-12-9-13-18-27)42-34(46)29(24-32(45)54-39(4,5)6)41-37(49)52-25-26-15-10-8-11-16-26/h8-13,15-18,20,22,28-30,33H,14,19,21,23-25H2,1-7H3,(H,40,47)(H,41,49)(H,42,46)/b22-20+/t28-,29+,30-,33+/m1/s1. The molecule has 0 saturated carbocycles. The number of carbonyl (C=O) groups is 6. The molecular formula is C39H52N4O11S. The first-order chi connectivity index (χ1) is 25.6. The van der Waals surface area contributed by atoms with Crippen LogP contribution in [0.3, 0.4) is 0 Å². The van der Waals surface area contributed by atoms with Gasteiger partial charge in [0.25, 0.3) is 0 Å². The summed E-state index contributed by atoms with van der Waals surface area (Å²) in [6.07, 6.45) is 0.841. The van der Waals surface area contributed by atoms with Gasteiger partial charge in [-0.2, -0.15) is 0 Å². The van der Waals surface area contributed by atoms with E-state index in [4.69, 9.17) is 14.2 Å². The van der Waals surface area contributed by atoms with Crippen molar-refractivity contribution in [1.29, 1.82) is 0 Å². The molecule has 1 aliphatic rings. The first-order valence-electron chi connectivity index (χ1n) is 17.9. The lowest BCUT2D eigenvalue weighted by molar-refractivity contribution is -0.157. The fourth-order valence-electron chi connectivity index (χ4n) is 5.56. The average molecular weight is 785 g/mol. The Labute approximate surface area is 322 Å². The molecule has 55 heavy (non-hydrogen) atoms. The van der Waals surface area contributed by atoms with E-state index in [1.807, 2.05) is 0 Å². The molecule has 3 rings (SSSR count). The molecule has 0 bridgehead atoms. The molecule has 1 fully saturated rings. The van der Waals surface area contributed by atoms with Gasteiger partial charge in [-0.1, -0.05) is 66.7 Å². The summed E-state index contributed by atoms with van der Waals surface area (Å²) < 4.78 is 39.9. The number of hydrogen-bond donors (Lipinski definition) is 3. The van der Waals surface area contributed by atoms with Crippen LogP contribution in [0.1, 0.15) is 84.4 Å². The third-order valence-corrected chi connectivity index (χ3v) is 8.46. The van der Waals surface area contributed by atoms with Crippen molar-refractivity contribution in [2.75, 3.05) is 12.8 Å². The van der Waals surface area contributed by atoms with Gasteiger partial charge >= 0.3 is 18.0 Å². The molecule has 4 amide bonds. The van der Waals surface area contributed by atoms with Gasteiger partial charge in [0, 0.05) is 18.2 Å². The van der Waals surface area contributed by atoms with Crippen LogP contribution in [0, 0.1) is 0 Å². The van der Waals surface area contributed by atoms with Gasteiger partial charge < -0.3 is 35.1 Å². The third kappa shape index (κ3) is 15.9. The van der Waals surface area contributed by atoms with E-state index in [9.17, 15) is 37.2 Å². The Kier molecular flexibility index (Phi) is 15.5. The van der Waals surface area contributed by atoms with Crippen molar-refractivity contribution < 1.29 is 51.4 Å². The monoisotopic (exact) mass is 784 g/mol. The van der Waals surface area contributed by atoms with Crippen LogP contribution in [0.5, 0.6) is 0 Å². The van der Waals surface area contributed by atoms with Crippen LogP contribution in [-0.4, -0.2) is 91.2 Å². The van der Waals surface area contributed by atoms with E-state index in [0.717, 1.165) is 11.7 Å². The maximum atomic E-state index is 14.3. The van der Waals surface area contributed by atoms with Crippen molar-refractivity contribution in [1.82, 2.24) is 20.9 Å². The highest BCUT2D eigenvalue weighted by molar-refractivity contribution is 7.93. The van der Waals surface area contributed by atoms with Crippen molar-refractivity contribution in [2.24, 2.45) is 0 Å². The summed E-state index contributed by atoms with van der Waals surface area (Å²) in [5, 5.41) is 8.63. The van der Waals surface area contributed by atoms with Crippen molar-refractivity contribution >= 4 is 45.6 Å². The van der Waals surface area contributed by atoms with Crippen LogP contribution in [-0.2, 0) is 54.6 Å². The van der Waals surface area contributed by atoms with Crippen LogP contribution in [0.25, 0.3) is 0 Å². The van der Waals surface area contributed by atoms with Crippen LogP contribution in [0.15, 0.2) is 72.1 Å². The second kappa shape index (κ2) is 19.4. The zero-order valence-corrected chi connectivity index (χ0v) is 33.1. The van der Waals surface area contributed by atoms with Gasteiger partial charge in [0.2, 0.25) is 17.7 Å². The first-order valence-corrected chi connectivity index (χ1v) is 19.8. The summed E-state index contributed by atoms with van der Waals surface area (Å²) in [6, 6.07) is 12.0. The molecule has 0 unspecified atom stereocenters. The van der Waals surface area contributed by atoms with Crippen molar-refractivity contribution in [3.05, 3.63) is 83.3 Å². The number of rotatable bonds is 15. The van der Waals surface area contributed by atoms with Crippen LogP contribution >= 0.6 is 0 Å². The van der Waals surface area contributed by atoms with E-state index in [2.05, 4.69) is 16.0 Å². The van der Waals surface area contributed by atoms with Gasteiger partial charge in [0.15, 0.2) is 9.84 Å². The van der Waals surface area contributed by atoms with E-state index in [0.29, 0.717) is 17.5 Å². The van der Waals surface area contributed by atoms with Crippen molar-refractivity contribution in [3.8, 4) is 0 Å². The van der Waals surface area contributed by atoms with Gasteiger partial charge in [-0.05, 0) is 65.5 Å². The van der Waals surface area contributed by atoms with Crippen molar-refractivity contribution in [2.45, 2.75) is 109 Å². The number of nitrogens with one attached hydrogen (secondary N) is 3. The maximum Gasteiger partial charge on any atom is 0.408 e. The summed E-state index contributed by atoms with van der Waals surface area (Å²) in [7, 11) is -3.62. The molecule has 1 heterocycles. The highest BCUT2D eigenvalue weighted by Gasteiger charge is 2.40. The minimum atomic E-state index is -3.62. The molecule has 300 valence electrons. The van der Waals surface area contributed by atoms with Gasteiger partial charge in [-0.25, -0.2) is 13.2 Å². The lowest BCUT2D eigenvalue weighted by Gasteiger charge is -2.31. The Hall–Kier alpha value is -5.25. The minimum absolute atomic E-state index is 0.111. The quantitative estimate of drug-likeness (QED) is 0.176. The van der Waals surface area contributed by atoms with Gasteiger partial charge in [-0.15, -0.1) is 0 Å². The third-order valence-electron chi connectivity index (χ3n) is 7.81. The molecule has 2 aromatic carbocycles. The number of alkyl carbamates (subject to hydrolysis) is 1. The second-order valence-electron chi connectivity index (χ2n) is 15.2. The Morgan fingerprint density at radius 1 is 0.818 bits per heavy atom. The molecule has 0 aromatic heterocycles. The average Bonchev–Trinajstić information content (AvgIpc) is 3.57. The Bertz CT molecular complexity index is 1800. The lowest BCUT2D eigenvalue weighted by atomic mass is 10.0. The number of likely N-dealkylation sites (tertiary alicyclic amines) is 1. The molecule has 1 aliphatic heterocycles. The predicted octanol–water partition coefficient (Wildman–Crippen LogP) is 3.64. The summed E-state index contributed by atoms with van der Waals surface area (Å²) >= 11 is 0. The molecule has 0 aliphatic carbocycles. The normalized spacial score (nSPS) is 16.3. The number of nitrogens with zero attached hydrogens (tertiary/aromatic N) is 1. The zero-order chi connectivity index (χ0) is 41.0. The number of sulfone groups is 1. The molecule has 4 atom stereocenters. The lowest BCUT2D eigenvalue weighted by Crippen LogP contribution is -2.54. The Balaban J connectivity index is 1.86. The maximum absolute atomic E-state index is 14.3.